The van der Waals surface area contributed by atoms with E-state index in [-0.39, 0.29) is 30.9 Å². The van der Waals surface area contributed by atoms with Gasteiger partial charge in [-0.15, -0.1) is 11.3 Å². The van der Waals surface area contributed by atoms with E-state index in [2.05, 4.69) is 5.32 Å². The van der Waals surface area contributed by atoms with Crippen molar-refractivity contribution in [3.63, 3.8) is 0 Å². The largest absolute Gasteiger partial charge is 0.466 e. The Hall–Kier alpha value is -2.42. The number of carbonyl (C=O) groups is 3. The average molecular weight is 479 g/mol. The minimum absolute atomic E-state index is 0.111. The molecule has 1 aromatic heterocycles. The number of hydrogen-bond donors (Lipinski definition) is 1. The van der Waals surface area contributed by atoms with Crippen LogP contribution in [-0.2, 0) is 19.1 Å². The number of rotatable bonds is 8. The first kappa shape index (κ1) is 24.2. The molecule has 32 heavy (non-hydrogen) atoms. The van der Waals surface area contributed by atoms with Gasteiger partial charge in [-0.3, -0.25) is 14.5 Å². The highest BCUT2D eigenvalue weighted by atomic mass is 35.5. The molecule has 7 nitrogen and oxygen atoms in total. The molecule has 1 amide bonds. The summed E-state index contributed by atoms with van der Waals surface area (Å²) >= 11 is 7.60. The van der Waals surface area contributed by atoms with Crippen molar-refractivity contribution >= 4 is 45.8 Å². The van der Waals surface area contributed by atoms with E-state index in [1.54, 1.807) is 25.3 Å². The molecule has 2 aromatic rings. The second kappa shape index (κ2) is 11.4. The Morgan fingerprint density at radius 1 is 1.09 bits per heavy atom. The average Bonchev–Trinajstić information content (AvgIpc) is 3.18. The van der Waals surface area contributed by atoms with Crippen LogP contribution in [0.1, 0.15) is 37.0 Å². The fourth-order valence-electron chi connectivity index (χ4n) is 3.69. The quantitative estimate of drug-likeness (QED) is 0.564. The highest BCUT2D eigenvalue weighted by Gasteiger charge is 2.28. The summed E-state index contributed by atoms with van der Waals surface area (Å²) in [7, 11) is 0. The van der Waals surface area contributed by atoms with Crippen LogP contribution in [-0.4, -0.2) is 55.6 Å². The lowest BCUT2D eigenvalue weighted by Gasteiger charge is -2.30. The first-order chi connectivity index (χ1) is 15.4. The van der Waals surface area contributed by atoms with Gasteiger partial charge in [0.25, 0.3) is 0 Å². The Bertz CT molecular complexity index is 969. The van der Waals surface area contributed by atoms with Crippen LogP contribution in [0.2, 0.25) is 5.02 Å². The van der Waals surface area contributed by atoms with Crippen molar-refractivity contribution in [3.05, 3.63) is 40.2 Å². The number of piperidine rings is 1. The molecule has 0 unspecified atom stereocenters. The van der Waals surface area contributed by atoms with Crippen LogP contribution >= 0.6 is 22.9 Å². The molecule has 1 aromatic carbocycles. The van der Waals surface area contributed by atoms with Crippen molar-refractivity contribution in [1.29, 1.82) is 0 Å². The summed E-state index contributed by atoms with van der Waals surface area (Å²) in [6.07, 6.45) is 1.33. The van der Waals surface area contributed by atoms with Crippen LogP contribution in [0.25, 0.3) is 11.1 Å². The van der Waals surface area contributed by atoms with Gasteiger partial charge in [-0.2, -0.15) is 0 Å². The van der Waals surface area contributed by atoms with Crippen molar-refractivity contribution in [2.75, 3.05) is 38.2 Å². The number of ether oxygens (including phenoxy) is 2. The van der Waals surface area contributed by atoms with Crippen molar-refractivity contribution in [1.82, 2.24) is 4.90 Å². The van der Waals surface area contributed by atoms with Gasteiger partial charge in [0.1, 0.15) is 10.6 Å². The van der Waals surface area contributed by atoms with Crippen LogP contribution in [0.3, 0.4) is 0 Å². The summed E-state index contributed by atoms with van der Waals surface area (Å²) in [4.78, 5) is 39.3. The lowest BCUT2D eigenvalue weighted by atomic mass is 9.97. The fourth-order valence-corrected chi connectivity index (χ4v) is 4.89. The van der Waals surface area contributed by atoms with Gasteiger partial charge in [-0.05, 0) is 45.8 Å². The Morgan fingerprint density at radius 2 is 1.78 bits per heavy atom. The maximum absolute atomic E-state index is 12.7. The fraction of sp³-hybridized carbons (Fsp3) is 0.435. The molecule has 0 aliphatic carbocycles. The van der Waals surface area contributed by atoms with E-state index in [0.717, 1.165) is 0 Å². The van der Waals surface area contributed by atoms with Crippen molar-refractivity contribution in [2.45, 2.75) is 26.7 Å². The molecule has 1 N–H and O–H groups in total. The molecule has 0 radical (unpaired) electrons. The van der Waals surface area contributed by atoms with Crippen LogP contribution in [0.4, 0.5) is 5.00 Å². The Morgan fingerprint density at radius 3 is 2.44 bits per heavy atom. The standard InChI is InChI=1S/C23H27ClN2O5S/c1-3-30-22(28)15-9-11-26(12-10-15)13-19(27)25-21-20(23(29)31-4-2)17(14-32-21)16-7-5-6-8-18(16)24/h5-8,14-15H,3-4,9-13H2,1-2H3,(H,25,27). The van der Waals surface area contributed by atoms with E-state index in [0.29, 0.717) is 59.3 Å². The molecule has 172 valence electrons. The molecule has 1 aliphatic rings. The zero-order valence-corrected chi connectivity index (χ0v) is 19.8. The molecule has 1 aliphatic heterocycles. The highest BCUT2D eigenvalue weighted by Crippen LogP contribution is 2.39. The Balaban J connectivity index is 1.69. The number of esters is 2. The summed E-state index contributed by atoms with van der Waals surface area (Å²) in [5, 5.41) is 5.61. The van der Waals surface area contributed by atoms with Crippen molar-refractivity contribution in [3.8, 4) is 11.1 Å². The molecule has 1 fully saturated rings. The van der Waals surface area contributed by atoms with Gasteiger partial charge in [0, 0.05) is 21.5 Å². The van der Waals surface area contributed by atoms with Gasteiger partial charge in [0.15, 0.2) is 0 Å². The predicted octanol–water partition coefficient (Wildman–Crippen LogP) is 4.46. The van der Waals surface area contributed by atoms with Gasteiger partial charge in [0.05, 0.1) is 25.7 Å². The number of carbonyl (C=O) groups excluding carboxylic acids is 3. The first-order valence-corrected chi connectivity index (χ1v) is 11.9. The summed E-state index contributed by atoms with van der Waals surface area (Å²) < 4.78 is 10.3. The maximum atomic E-state index is 12.7. The number of anilines is 1. The third kappa shape index (κ3) is 5.88. The first-order valence-electron chi connectivity index (χ1n) is 10.7. The number of amides is 1. The van der Waals surface area contributed by atoms with Gasteiger partial charge in [-0.25, -0.2) is 4.79 Å². The zero-order valence-electron chi connectivity index (χ0n) is 18.2. The summed E-state index contributed by atoms with van der Waals surface area (Å²) in [5.41, 5.74) is 1.64. The van der Waals surface area contributed by atoms with E-state index in [9.17, 15) is 14.4 Å². The van der Waals surface area contributed by atoms with E-state index in [1.165, 1.54) is 11.3 Å². The smallest absolute Gasteiger partial charge is 0.341 e. The van der Waals surface area contributed by atoms with Crippen LogP contribution < -0.4 is 5.32 Å². The highest BCUT2D eigenvalue weighted by molar-refractivity contribution is 7.15. The van der Waals surface area contributed by atoms with Crippen molar-refractivity contribution < 1.29 is 23.9 Å². The molecule has 2 heterocycles. The predicted molar refractivity (Wildman–Crippen MR) is 125 cm³/mol. The molecule has 9 heteroatoms. The van der Waals surface area contributed by atoms with E-state index in [1.807, 2.05) is 23.1 Å². The number of benzene rings is 1. The number of likely N-dealkylation sites (tertiary alicyclic amines) is 1. The molecular weight excluding hydrogens is 452 g/mol. The van der Waals surface area contributed by atoms with E-state index < -0.39 is 5.97 Å². The minimum Gasteiger partial charge on any atom is -0.466 e. The zero-order chi connectivity index (χ0) is 23.1. The monoisotopic (exact) mass is 478 g/mol. The molecule has 0 atom stereocenters. The lowest BCUT2D eigenvalue weighted by Crippen LogP contribution is -2.41. The van der Waals surface area contributed by atoms with Crippen LogP contribution in [0, 0.1) is 5.92 Å². The van der Waals surface area contributed by atoms with Crippen molar-refractivity contribution in [2.24, 2.45) is 5.92 Å². The topological polar surface area (TPSA) is 84.9 Å². The van der Waals surface area contributed by atoms with Gasteiger partial charge in [-0.1, -0.05) is 29.8 Å². The normalized spacial score (nSPS) is 14.7. The third-order valence-electron chi connectivity index (χ3n) is 5.26. The van der Waals surface area contributed by atoms with Crippen LogP contribution in [0.5, 0.6) is 0 Å². The molecule has 3 rings (SSSR count). The van der Waals surface area contributed by atoms with Gasteiger partial charge >= 0.3 is 11.9 Å². The second-order valence-electron chi connectivity index (χ2n) is 7.40. The second-order valence-corrected chi connectivity index (χ2v) is 8.69. The molecule has 1 saturated heterocycles. The number of nitrogens with one attached hydrogen (secondary N) is 1. The van der Waals surface area contributed by atoms with Gasteiger partial charge in [0.2, 0.25) is 5.91 Å². The van der Waals surface area contributed by atoms with E-state index >= 15 is 0 Å². The number of halogens is 1. The maximum Gasteiger partial charge on any atom is 0.341 e. The number of hydrogen-bond acceptors (Lipinski definition) is 7. The summed E-state index contributed by atoms with van der Waals surface area (Å²) in [6.45, 7) is 5.58. The third-order valence-corrected chi connectivity index (χ3v) is 6.49. The molecule has 0 bridgehead atoms. The molecule has 0 saturated carbocycles. The Labute approximate surface area is 196 Å². The van der Waals surface area contributed by atoms with Crippen LogP contribution in [0.15, 0.2) is 29.6 Å². The number of thiophene rings is 1. The summed E-state index contributed by atoms with van der Waals surface area (Å²) in [6, 6.07) is 7.23. The van der Waals surface area contributed by atoms with E-state index in [4.69, 9.17) is 21.1 Å². The van der Waals surface area contributed by atoms with Gasteiger partial charge < -0.3 is 14.8 Å². The Kier molecular flexibility index (Phi) is 8.67. The molecule has 0 spiro atoms. The minimum atomic E-state index is -0.505. The lowest BCUT2D eigenvalue weighted by molar-refractivity contribution is -0.149. The molecular formula is C23H27ClN2O5S. The SMILES string of the molecule is CCOC(=O)c1c(-c2ccccc2Cl)csc1NC(=O)CN1CCC(C(=O)OCC)CC1. The number of nitrogens with zero attached hydrogens (tertiary/aromatic N) is 1. The summed E-state index contributed by atoms with van der Waals surface area (Å²) in [5.74, 6) is -1.01.